The number of halogens is 3. The molecule has 1 aliphatic carbocycles. The van der Waals surface area contributed by atoms with Gasteiger partial charge in [-0.1, -0.05) is 30.8 Å². The predicted octanol–water partition coefficient (Wildman–Crippen LogP) is 5.96. The molecule has 0 aliphatic heterocycles. The van der Waals surface area contributed by atoms with Crippen LogP contribution >= 0.6 is 0 Å². The molecule has 7 heteroatoms. The average molecular weight is 432 g/mol. The van der Waals surface area contributed by atoms with E-state index in [-0.39, 0.29) is 29.6 Å². The van der Waals surface area contributed by atoms with E-state index < -0.39 is 17.7 Å². The van der Waals surface area contributed by atoms with E-state index in [1.165, 1.54) is 0 Å². The smallest absolute Gasteiger partial charge is 0.416 e. The molecule has 0 fully saturated rings. The maximum absolute atomic E-state index is 12.9. The van der Waals surface area contributed by atoms with Gasteiger partial charge in [-0.05, 0) is 54.5 Å². The second-order valence-electron chi connectivity index (χ2n) is 7.44. The molecule has 164 valence electrons. The highest BCUT2D eigenvalue weighted by Crippen LogP contribution is 2.37. The van der Waals surface area contributed by atoms with E-state index in [1.54, 1.807) is 0 Å². The molecule has 0 N–H and O–H groups in total. The SMILES string of the molecule is C=C1c2ccccc2C(=O)CC1CCCCOc1ccc(C(F)(F)F)cc1C(=O)OC. The number of fused-ring (bicyclic) bond motifs is 1. The van der Waals surface area contributed by atoms with Gasteiger partial charge in [-0.3, -0.25) is 4.79 Å². The highest BCUT2D eigenvalue weighted by atomic mass is 19.4. The molecule has 31 heavy (non-hydrogen) atoms. The van der Waals surface area contributed by atoms with E-state index in [9.17, 15) is 22.8 Å². The third-order valence-electron chi connectivity index (χ3n) is 5.41. The Balaban J connectivity index is 1.56. The topological polar surface area (TPSA) is 52.6 Å². The fourth-order valence-electron chi connectivity index (χ4n) is 3.74. The van der Waals surface area contributed by atoms with Crippen LogP contribution < -0.4 is 4.74 Å². The number of benzene rings is 2. The van der Waals surface area contributed by atoms with Crippen molar-refractivity contribution in [1.29, 1.82) is 0 Å². The molecule has 2 aromatic carbocycles. The predicted molar refractivity (Wildman–Crippen MR) is 110 cm³/mol. The van der Waals surface area contributed by atoms with Gasteiger partial charge in [-0.2, -0.15) is 13.2 Å². The first-order chi connectivity index (χ1) is 14.7. The second kappa shape index (κ2) is 9.37. The molecule has 0 saturated carbocycles. The zero-order valence-corrected chi connectivity index (χ0v) is 17.1. The number of allylic oxidation sites excluding steroid dienone is 1. The number of ether oxygens (including phenoxy) is 2. The summed E-state index contributed by atoms with van der Waals surface area (Å²) in [7, 11) is 1.10. The van der Waals surface area contributed by atoms with Crippen molar-refractivity contribution in [2.75, 3.05) is 13.7 Å². The molecule has 4 nitrogen and oxygen atoms in total. The summed E-state index contributed by atoms with van der Waals surface area (Å²) in [5.74, 6) is -0.682. The Morgan fingerprint density at radius 3 is 2.52 bits per heavy atom. The third kappa shape index (κ3) is 5.16. The van der Waals surface area contributed by atoms with Gasteiger partial charge in [0.15, 0.2) is 5.78 Å². The van der Waals surface area contributed by atoms with Gasteiger partial charge >= 0.3 is 12.1 Å². The zero-order valence-electron chi connectivity index (χ0n) is 17.1. The Labute approximate surface area is 178 Å². The Bertz CT molecular complexity index is 995. The number of esters is 1. The number of carbonyl (C=O) groups is 2. The molecule has 0 spiro atoms. The third-order valence-corrected chi connectivity index (χ3v) is 5.41. The number of alkyl halides is 3. The molecule has 0 heterocycles. The molecule has 0 radical (unpaired) electrons. The Hall–Kier alpha value is -3.09. The van der Waals surface area contributed by atoms with Crippen molar-refractivity contribution in [3.8, 4) is 5.75 Å². The quantitative estimate of drug-likeness (QED) is 0.400. The number of hydrogen-bond acceptors (Lipinski definition) is 4. The maximum atomic E-state index is 12.9. The minimum atomic E-state index is -4.57. The van der Waals surface area contributed by atoms with Crippen molar-refractivity contribution in [2.45, 2.75) is 31.9 Å². The number of Topliss-reactive ketones (excluding diaryl/α,β-unsaturated/α-hetero) is 1. The summed E-state index contributed by atoms with van der Waals surface area (Å²) in [6.45, 7) is 4.38. The number of unbranched alkanes of at least 4 members (excludes halogenated alkanes) is 1. The van der Waals surface area contributed by atoms with Gasteiger partial charge in [0, 0.05) is 12.0 Å². The van der Waals surface area contributed by atoms with Crippen molar-refractivity contribution >= 4 is 17.3 Å². The van der Waals surface area contributed by atoms with Crippen LogP contribution in [-0.4, -0.2) is 25.5 Å². The van der Waals surface area contributed by atoms with Crippen LogP contribution in [0.25, 0.3) is 5.57 Å². The van der Waals surface area contributed by atoms with Crippen LogP contribution in [0, 0.1) is 5.92 Å². The van der Waals surface area contributed by atoms with E-state index in [2.05, 4.69) is 11.3 Å². The van der Waals surface area contributed by atoms with Crippen LogP contribution in [0.5, 0.6) is 5.75 Å². The van der Waals surface area contributed by atoms with Crippen LogP contribution in [-0.2, 0) is 10.9 Å². The highest BCUT2D eigenvalue weighted by Gasteiger charge is 2.32. The van der Waals surface area contributed by atoms with Crippen LogP contribution in [0.4, 0.5) is 13.2 Å². The summed E-state index contributed by atoms with van der Waals surface area (Å²) in [6, 6.07) is 10.2. The molecule has 3 rings (SSSR count). The first kappa shape index (κ1) is 22.6. The van der Waals surface area contributed by atoms with Gasteiger partial charge in [-0.15, -0.1) is 0 Å². The fraction of sp³-hybridized carbons (Fsp3) is 0.333. The second-order valence-corrected chi connectivity index (χ2v) is 7.44. The Morgan fingerprint density at radius 1 is 1.13 bits per heavy atom. The van der Waals surface area contributed by atoms with E-state index in [0.29, 0.717) is 18.4 Å². The molecule has 2 aromatic rings. The molecular weight excluding hydrogens is 409 g/mol. The minimum Gasteiger partial charge on any atom is -0.493 e. The van der Waals surface area contributed by atoms with Gasteiger partial charge < -0.3 is 9.47 Å². The van der Waals surface area contributed by atoms with Crippen molar-refractivity contribution in [2.24, 2.45) is 5.92 Å². The maximum Gasteiger partial charge on any atom is 0.416 e. The van der Waals surface area contributed by atoms with Crippen molar-refractivity contribution in [1.82, 2.24) is 0 Å². The van der Waals surface area contributed by atoms with E-state index in [1.807, 2.05) is 24.3 Å². The largest absolute Gasteiger partial charge is 0.493 e. The standard InChI is InChI=1S/C24H23F3O4/c1-15-16(13-21(28)19-9-4-3-8-18(15)19)7-5-6-12-31-22-11-10-17(24(25,26)27)14-20(22)23(29)30-2/h3-4,8-11,14,16H,1,5-7,12-13H2,2H3. The average Bonchev–Trinajstić information content (AvgIpc) is 2.75. The molecule has 1 aliphatic rings. The Morgan fingerprint density at radius 2 is 1.84 bits per heavy atom. The molecule has 0 amide bonds. The normalized spacial score (nSPS) is 16.1. The Kier molecular flexibility index (Phi) is 6.83. The molecule has 1 atom stereocenters. The summed E-state index contributed by atoms with van der Waals surface area (Å²) in [4.78, 5) is 24.2. The highest BCUT2D eigenvalue weighted by molar-refractivity contribution is 6.04. The summed E-state index contributed by atoms with van der Waals surface area (Å²) in [5, 5.41) is 0. The van der Waals surface area contributed by atoms with E-state index in [0.717, 1.165) is 49.3 Å². The zero-order chi connectivity index (χ0) is 22.6. The van der Waals surface area contributed by atoms with Crippen LogP contribution in [0.3, 0.4) is 0 Å². The summed E-state index contributed by atoms with van der Waals surface area (Å²) in [5.41, 5.74) is 1.35. The lowest BCUT2D eigenvalue weighted by Crippen LogP contribution is -2.19. The van der Waals surface area contributed by atoms with Gasteiger partial charge in [0.05, 0.1) is 19.3 Å². The molecule has 1 unspecified atom stereocenters. The number of carbonyl (C=O) groups excluding carboxylic acids is 2. The summed E-state index contributed by atoms with van der Waals surface area (Å²) in [6.07, 6.45) is -2.05. The van der Waals surface area contributed by atoms with Gasteiger partial charge in [0.2, 0.25) is 0 Å². The van der Waals surface area contributed by atoms with E-state index >= 15 is 0 Å². The van der Waals surface area contributed by atoms with Crippen LogP contribution in [0.15, 0.2) is 49.0 Å². The summed E-state index contributed by atoms with van der Waals surface area (Å²) < 4.78 is 48.9. The van der Waals surface area contributed by atoms with Crippen LogP contribution in [0.1, 0.15) is 57.5 Å². The van der Waals surface area contributed by atoms with Crippen molar-refractivity contribution in [3.63, 3.8) is 0 Å². The number of methoxy groups -OCH3 is 1. The first-order valence-corrected chi connectivity index (χ1v) is 9.96. The number of rotatable bonds is 7. The lowest BCUT2D eigenvalue weighted by molar-refractivity contribution is -0.137. The number of ketones is 1. The molecule has 0 bridgehead atoms. The van der Waals surface area contributed by atoms with Crippen LogP contribution in [0.2, 0.25) is 0 Å². The van der Waals surface area contributed by atoms with E-state index in [4.69, 9.17) is 4.74 Å². The number of hydrogen-bond donors (Lipinski definition) is 0. The minimum absolute atomic E-state index is 0.0473. The lowest BCUT2D eigenvalue weighted by Gasteiger charge is -2.26. The first-order valence-electron chi connectivity index (χ1n) is 9.96. The van der Waals surface area contributed by atoms with Crippen molar-refractivity contribution < 1.29 is 32.2 Å². The molecular formula is C24H23F3O4. The van der Waals surface area contributed by atoms with Gasteiger partial charge in [-0.25, -0.2) is 4.79 Å². The monoisotopic (exact) mass is 432 g/mol. The molecule has 0 saturated heterocycles. The molecule has 0 aromatic heterocycles. The lowest BCUT2D eigenvalue weighted by atomic mass is 9.77. The van der Waals surface area contributed by atoms with Gasteiger partial charge in [0.25, 0.3) is 0 Å². The van der Waals surface area contributed by atoms with Gasteiger partial charge in [0.1, 0.15) is 11.3 Å². The summed E-state index contributed by atoms with van der Waals surface area (Å²) >= 11 is 0. The van der Waals surface area contributed by atoms with Crippen molar-refractivity contribution in [3.05, 3.63) is 71.3 Å². The fourth-order valence-corrected chi connectivity index (χ4v) is 3.74.